The Kier molecular flexibility index (Phi) is 4.95. The summed E-state index contributed by atoms with van der Waals surface area (Å²) in [5.41, 5.74) is 0.975. The Morgan fingerprint density at radius 3 is 2.68 bits per heavy atom. The zero-order chi connectivity index (χ0) is 16.3. The van der Waals surface area contributed by atoms with E-state index in [4.69, 9.17) is 5.11 Å². The largest absolute Gasteiger partial charge is 0.481 e. The highest BCUT2D eigenvalue weighted by molar-refractivity contribution is 5.95. The number of amides is 1. The Bertz CT molecular complexity index is 638. The van der Waals surface area contributed by atoms with Crippen LogP contribution in [0, 0.1) is 5.92 Å². The van der Waals surface area contributed by atoms with Crippen LogP contribution in [0.2, 0.25) is 0 Å². The van der Waals surface area contributed by atoms with E-state index < -0.39 is 17.4 Å². The number of aliphatic carboxylic acids is 1. The predicted octanol–water partition coefficient (Wildman–Crippen LogP) is 0.831. The third-order valence-electron chi connectivity index (χ3n) is 4.13. The van der Waals surface area contributed by atoms with Gasteiger partial charge in [0, 0.05) is 13.1 Å². The Balaban J connectivity index is 2.37. The van der Waals surface area contributed by atoms with E-state index in [1.165, 1.54) is 4.90 Å². The van der Waals surface area contributed by atoms with Gasteiger partial charge < -0.3 is 10.0 Å². The lowest BCUT2D eigenvalue weighted by Crippen LogP contribution is -2.44. The third-order valence-corrected chi connectivity index (χ3v) is 4.13. The quantitative estimate of drug-likeness (QED) is 0.857. The molecule has 1 aromatic rings. The van der Waals surface area contributed by atoms with E-state index >= 15 is 0 Å². The molecule has 22 heavy (non-hydrogen) atoms. The van der Waals surface area contributed by atoms with E-state index in [0.29, 0.717) is 43.5 Å². The van der Waals surface area contributed by atoms with Crippen LogP contribution in [0.1, 0.15) is 48.3 Å². The van der Waals surface area contributed by atoms with Gasteiger partial charge in [-0.2, -0.15) is 5.10 Å². The number of hydrogen-bond acceptors (Lipinski definition) is 4. The zero-order valence-corrected chi connectivity index (χ0v) is 12.9. The van der Waals surface area contributed by atoms with Crippen LogP contribution in [0.3, 0.4) is 0 Å². The number of rotatable bonds is 4. The molecule has 0 bridgehead atoms. The number of aromatic nitrogens is 2. The fourth-order valence-electron chi connectivity index (χ4n) is 2.94. The first-order chi connectivity index (χ1) is 10.5. The van der Waals surface area contributed by atoms with Gasteiger partial charge in [0.2, 0.25) is 0 Å². The SMILES string of the molecule is CCc1n[nH]c(=O)c(C(=O)N2CCCC(C(=O)O)C2)c1CC. The van der Waals surface area contributed by atoms with Crippen LogP contribution in [0.25, 0.3) is 0 Å². The second-order valence-electron chi connectivity index (χ2n) is 5.49. The number of hydrogen-bond donors (Lipinski definition) is 2. The average Bonchev–Trinajstić information content (AvgIpc) is 2.53. The molecule has 2 N–H and O–H groups in total. The van der Waals surface area contributed by atoms with Crippen molar-refractivity contribution < 1.29 is 14.7 Å². The summed E-state index contributed by atoms with van der Waals surface area (Å²) in [6.45, 7) is 4.42. The smallest absolute Gasteiger partial charge is 0.308 e. The molecule has 1 unspecified atom stereocenters. The summed E-state index contributed by atoms with van der Waals surface area (Å²) in [6, 6.07) is 0. The number of carbonyl (C=O) groups excluding carboxylic acids is 1. The summed E-state index contributed by atoms with van der Waals surface area (Å²) >= 11 is 0. The summed E-state index contributed by atoms with van der Waals surface area (Å²) in [7, 11) is 0. The van der Waals surface area contributed by atoms with Gasteiger partial charge in [-0.25, -0.2) is 5.10 Å². The molecular formula is C15H21N3O4. The van der Waals surface area contributed by atoms with Gasteiger partial charge in [0.25, 0.3) is 11.5 Å². The zero-order valence-electron chi connectivity index (χ0n) is 12.9. The number of carbonyl (C=O) groups is 2. The van der Waals surface area contributed by atoms with Gasteiger partial charge in [-0.1, -0.05) is 13.8 Å². The minimum atomic E-state index is -0.897. The molecule has 0 radical (unpaired) electrons. The number of carboxylic acid groups (broad SMARTS) is 1. The average molecular weight is 307 g/mol. The second kappa shape index (κ2) is 6.72. The maximum Gasteiger partial charge on any atom is 0.308 e. The van der Waals surface area contributed by atoms with Crippen molar-refractivity contribution in [3.63, 3.8) is 0 Å². The number of likely N-dealkylation sites (tertiary alicyclic amines) is 1. The molecule has 120 valence electrons. The topological polar surface area (TPSA) is 103 Å². The molecule has 7 nitrogen and oxygen atoms in total. The van der Waals surface area contributed by atoms with E-state index in [1.807, 2.05) is 13.8 Å². The Morgan fingerprint density at radius 1 is 1.36 bits per heavy atom. The standard InChI is InChI=1S/C15H21N3O4/c1-3-10-11(4-2)16-17-13(19)12(10)14(20)18-7-5-6-9(8-18)15(21)22/h9H,3-8H2,1-2H3,(H,17,19)(H,21,22). The molecule has 0 saturated carbocycles. The van der Waals surface area contributed by atoms with Crippen LogP contribution in [-0.2, 0) is 17.6 Å². The van der Waals surface area contributed by atoms with Crippen molar-refractivity contribution in [2.24, 2.45) is 5.92 Å². The van der Waals surface area contributed by atoms with E-state index in [1.54, 1.807) is 0 Å². The predicted molar refractivity (Wildman–Crippen MR) is 79.9 cm³/mol. The van der Waals surface area contributed by atoms with Gasteiger partial charge in [0.05, 0.1) is 11.6 Å². The van der Waals surface area contributed by atoms with Crippen molar-refractivity contribution in [2.45, 2.75) is 39.5 Å². The van der Waals surface area contributed by atoms with Gasteiger partial charge >= 0.3 is 5.97 Å². The molecule has 0 aromatic carbocycles. The number of nitrogens with zero attached hydrogens (tertiary/aromatic N) is 2. The first-order valence-corrected chi connectivity index (χ1v) is 7.62. The van der Waals surface area contributed by atoms with Crippen LogP contribution < -0.4 is 5.56 Å². The summed E-state index contributed by atoms with van der Waals surface area (Å²) in [4.78, 5) is 37.4. The number of carboxylic acids is 1. The van der Waals surface area contributed by atoms with E-state index in [9.17, 15) is 14.4 Å². The molecule has 1 atom stereocenters. The van der Waals surface area contributed by atoms with Crippen LogP contribution in [0.4, 0.5) is 0 Å². The Morgan fingerprint density at radius 2 is 2.09 bits per heavy atom. The summed E-state index contributed by atoms with van der Waals surface area (Å²) in [5.74, 6) is -1.85. The Labute approximate surface area is 128 Å². The molecule has 1 aromatic heterocycles. The van der Waals surface area contributed by atoms with E-state index in [-0.39, 0.29) is 18.0 Å². The molecule has 2 rings (SSSR count). The minimum absolute atomic E-state index is 0.111. The number of aryl methyl sites for hydroxylation is 1. The van der Waals surface area contributed by atoms with Crippen LogP contribution in [0.15, 0.2) is 4.79 Å². The molecule has 0 aliphatic carbocycles. The molecule has 7 heteroatoms. The molecule has 1 aliphatic rings. The van der Waals surface area contributed by atoms with Crippen molar-refractivity contribution in [3.05, 3.63) is 27.2 Å². The fraction of sp³-hybridized carbons (Fsp3) is 0.600. The van der Waals surface area contributed by atoms with Crippen molar-refractivity contribution in [1.82, 2.24) is 15.1 Å². The minimum Gasteiger partial charge on any atom is -0.481 e. The van der Waals surface area contributed by atoms with Crippen LogP contribution >= 0.6 is 0 Å². The van der Waals surface area contributed by atoms with Crippen LogP contribution in [-0.4, -0.2) is 45.2 Å². The first kappa shape index (κ1) is 16.2. The molecule has 1 saturated heterocycles. The van der Waals surface area contributed by atoms with Gasteiger partial charge in [-0.3, -0.25) is 14.4 Å². The van der Waals surface area contributed by atoms with E-state index in [0.717, 1.165) is 0 Å². The third kappa shape index (κ3) is 3.03. The van der Waals surface area contributed by atoms with Crippen molar-refractivity contribution >= 4 is 11.9 Å². The fourth-order valence-corrected chi connectivity index (χ4v) is 2.94. The van der Waals surface area contributed by atoms with Crippen molar-refractivity contribution in [1.29, 1.82) is 0 Å². The molecule has 1 amide bonds. The molecule has 0 spiro atoms. The lowest BCUT2D eigenvalue weighted by molar-refractivity contribution is -0.143. The van der Waals surface area contributed by atoms with Gasteiger partial charge in [0.15, 0.2) is 0 Å². The maximum absolute atomic E-state index is 12.7. The highest BCUT2D eigenvalue weighted by atomic mass is 16.4. The molecule has 1 aliphatic heterocycles. The monoisotopic (exact) mass is 307 g/mol. The summed E-state index contributed by atoms with van der Waals surface area (Å²) in [6.07, 6.45) is 2.36. The maximum atomic E-state index is 12.7. The molecule has 1 fully saturated rings. The lowest BCUT2D eigenvalue weighted by Gasteiger charge is -2.31. The van der Waals surface area contributed by atoms with Crippen LogP contribution in [0.5, 0.6) is 0 Å². The number of aromatic amines is 1. The number of nitrogens with one attached hydrogen (secondary N) is 1. The van der Waals surface area contributed by atoms with Crippen molar-refractivity contribution in [3.8, 4) is 0 Å². The van der Waals surface area contributed by atoms with E-state index in [2.05, 4.69) is 10.2 Å². The van der Waals surface area contributed by atoms with Gasteiger partial charge in [0.1, 0.15) is 5.56 Å². The highest BCUT2D eigenvalue weighted by Gasteiger charge is 2.31. The molecule has 2 heterocycles. The first-order valence-electron chi connectivity index (χ1n) is 7.62. The normalized spacial score (nSPS) is 18.3. The second-order valence-corrected chi connectivity index (χ2v) is 5.49. The van der Waals surface area contributed by atoms with Gasteiger partial charge in [-0.15, -0.1) is 0 Å². The summed E-state index contributed by atoms with van der Waals surface area (Å²) in [5, 5.41) is 15.5. The lowest BCUT2D eigenvalue weighted by atomic mass is 9.96. The number of H-pyrrole nitrogens is 1. The summed E-state index contributed by atoms with van der Waals surface area (Å²) < 4.78 is 0. The van der Waals surface area contributed by atoms with Gasteiger partial charge in [-0.05, 0) is 31.2 Å². The number of piperidine rings is 1. The molecular weight excluding hydrogens is 286 g/mol. The Hall–Kier alpha value is -2.18. The highest BCUT2D eigenvalue weighted by Crippen LogP contribution is 2.20. The van der Waals surface area contributed by atoms with Crippen molar-refractivity contribution in [2.75, 3.05) is 13.1 Å².